The maximum absolute atomic E-state index is 9.92. The van der Waals surface area contributed by atoms with Crippen LogP contribution in [0.5, 0.6) is 0 Å². The number of nitrogens with zero attached hydrogens (tertiary/aromatic N) is 1. The zero-order chi connectivity index (χ0) is 27.2. The van der Waals surface area contributed by atoms with Gasteiger partial charge in [-0.05, 0) is 68.3 Å². The summed E-state index contributed by atoms with van der Waals surface area (Å²) >= 11 is 0. The molecule has 0 bridgehead atoms. The number of aromatic amines is 1. The summed E-state index contributed by atoms with van der Waals surface area (Å²) in [6.45, 7) is 13.5. The molecule has 0 fully saturated rings. The molecule has 35 heavy (non-hydrogen) atoms. The lowest BCUT2D eigenvalue weighted by Gasteiger charge is -2.14. The van der Waals surface area contributed by atoms with Crippen LogP contribution < -0.4 is 5.32 Å². The fourth-order valence-electron chi connectivity index (χ4n) is 3.10. The molecule has 1 aromatic carbocycles. The zero-order valence-electron chi connectivity index (χ0n) is 21.7. The van der Waals surface area contributed by atoms with Crippen molar-refractivity contribution in [2.24, 2.45) is 0 Å². The van der Waals surface area contributed by atoms with Crippen molar-refractivity contribution in [3.05, 3.63) is 78.3 Å². The average Bonchev–Trinajstić information content (AvgIpc) is 3.49. The molecule has 3 heterocycles. The number of carbonyl (C=O) groups is 2. The Bertz CT molecular complexity index is 1070. The van der Waals surface area contributed by atoms with Crippen LogP contribution in [0.1, 0.15) is 50.9 Å². The fourth-order valence-corrected chi connectivity index (χ4v) is 3.10. The Kier molecular flexibility index (Phi) is 19.2. The quantitative estimate of drug-likeness (QED) is 0.321. The number of amides is 2. The summed E-state index contributed by atoms with van der Waals surface area (Å²) in [5.41, 5.74) is 5.34. The lowest BCUT2D eigenvalue weighted by atomic mass is 10.0. The Balaban J connectivity index is 0. The minimum absolute atomic E-state index is 0.312. The second-order valence-corrected chi connectivity index (χ2v) is 7.15. The van der Waals surface area contributed by atoms with Crippen LogP contribution in [0.3, 0.4) is 0 Å². The number of imide groups is 1. The third-order valence-corrected chi connectivity index (χ3v) is 4.60. The number of para-hydroxylation sites is 1. The summed E-state index contributed by atoms with van der Waals surface area (Å²) in [5, 5.41) is 3.42. The maximum atomic E-state index is 9.92. The molecule has 0 atom stereocenters. The van der Waals surface area contributed by atoms with Crippen molar-refractivity contribution in [1.82, 2.24) is 14.9 Å². The van der Waals surface area contributed by atoms with Crippen LogP contribution in [0.4, 0.5) is 0 Å². The maximum Gasteiger partial charge on any atom is 0.223 e. The number of terminal acetylenes is 2. The van der Waals surface area contributed by atoms with Gasteiger partial charge in [0.2, 0.25) is 11.8 Å². The summed E-state index contributed by atoms with van der Waals surface area (Å²) in [4.78, 5) is 22.9. The first kappa shape index (κ1) is 33.0. The minimum atomic E-state index is -0.312. The predicted octanol–water partition coefficient (Wildman–Crippen LogP) is 6.30. The normalized spacial score (nSPS) is 10.1. The molecule has 4 rings (SSSR count). The number of allylic oxidation sites excluding steroid dienone is 2. The molecule has 5 nitrogen and oxygen atoms in total. The van der Waals surface area contributed by atoms with Crippen molar-refractivity contribution in [3.8, 4) is 25.7 Å². The van der Waals surface area contributed by atoms with E-state index in [1.54, 1.807) is 0 Å². The Labute approximate surface area is 211 Å². The number of nitrogens with one attached hydrogen (secondary N) is 2. The molecule has 0 unspecified atom stereocenters. The van der Waals surface area contributed by atoms with Gasteiger partial charge < -0.3 is 9.55 Å². The number of H-pyrrole nitrogens is 1. The highest BCUT2D eigenvalue weighted by molar-refractivity contribution is 5.92. The molecule has 2 aromatic heterocycles. The van der Waals surface area contributed by atoms with E-state index in [4.69, 9.17) is 0 Å². The lowest BCUT2D eigenvalue weighted by Crippen LogP contribution is -2.24. The summed E-state index contributed by atoms with van der Waals surface area (Å²) < 4.78 is 2.37. The summed E-state index contributed by atoms with van der Waals surface area (Å²) in [7, 11) is 0. The fraction of sp³-hybridized carbons (Fsp3) is 0.267. The van der Waals surface area contributed by atoms with Crippen LogP contribution in [-0.2, 0) is 22.6 Å². The third kappa shape index (κ3) is 13.2. The van der Waals surface area contributed by atoms with Gasteiger partial charge in [-0.15, -0.1) is 25.7 Å². The molecule has 3 aromatic rings. The lowest BCUT2D eigenvalue weighted by molar-refractivity contribution is -0.127. The smallest absolute Gasteiger partial charge is 0.223 e. The number of hydrogen-bond acceptors (Lipinski definition) is 2. The monoisotopic (exact) mass is 473 g/mol. The van der Waals surface area contributed by atoms with Crippen molar-refractivity contribution in [1.29, 1.82) is 0 Å². The molecule has 2 N–H and O–H groups in total. The van der Waals surface area contributed by atoms with Crippen LogP contribution in [0.2, 0.25) is 0 Å². The second kappa shape index (κ2) is 20.4. The van der Waals surface area contributed by atoms with E-state index in [1.165, 1.54) is 55.3 Å². The molecule has 2 amide bonds. The van der Waals surface area contributed by atoms with Gasteiger partial charge in [0.05, 0.1) is 5.52 Å². The summed E-state index contributed by atoms with van der Waals surface area (Å²) in [6.07, 6.45) is 28.5. The SMILES string of the molecule is C#C.C#C.C/C=C\C.C=Cc1[nH]ccc1C.CC(=O)NC(C)=O.c1cc2c3c(c1)ccn3CCC2. The standard InChI is InChI=1S/C11H11N.C7H9N.C4H7NO2.C4H8.2C2H2/c1-3-9-5-2-7-12-8-6-10(4-1)11(9)12;1-3-7-6(2)4-5-8-7;1-3(6)5-4(2)7;1-3-4-2;2*1-2/h1,3-4,6,8H,2,5,7H2;3-5,8H,1H2,2H3;1-2H3,(H,5,6,7);3-4H,1-2H3;2*1-2H/b;;;4-3-;;. The van der Waals surface area contributed by atoms with Crippen molar-refractivity contribution in [3.63, 3.8) is 0 Å². The van der Waals surface area contributed by atoms with E-state index in [2.05, 4.69) is 72.3 Å². The van der Waals surface area contributed by atoms with Gasteiger partial charge in [-0.25, -0.2) is 0 Å². The molecule has 186 valence electrons. The molecule has 1 aliphatic heterocycles. The highest BCUT2D eigenvalue weighted by Crippen LogP contribution is 2.25. The second-order valence-electron chi connectivity index (χ2n) is 7.15. The molecule has 0 saturated heterocycles. The number of aromatic nitrogens is 2. The van der Waals surface area contributed by atoms with Crippen LogP contribution in [-0.4, -0.2) is 21.4 Å². The van der Waals surface area contributed by atoms with Gasteiger partial charge in [-0.1, -0.05) is 36.9 Å². The summed E-state index contributed by atoms with van der Waals surface area (Å²) in [5.74, 6) is -0.625. The molecule has 0 saturated carbocycles. The zero-order valence-corrected chi connectivity index (χ0v) is 21.7. The van der Waals surface area contributed by atoms with Crippen molar-refractivity contribution in [2.45, 2.75) is 54.0 Å². The topological polar surface area (TPSA) is 66.9 Å². The van der Waals surface area contributed by atoms with E-state index >= 15 is 0 Å². The van der Waals surface area contributed by atoms with Crippen LogP contribution in [0.15, 0.2) is 61.5 Å². The molecule has 1 aliphatic rings. The minimum Gasteiger partial charge on any atom is -0.361 e. The first-order valence-corrected chi connectivity index (χ1v) is 11.2. The van der Waals surface area contributed by atoms with Gasteiger partial charge in [0.25, 0.3) is 0 Å². The van der Waals surface area contributed by atoms with E-state index < -0.39 is 0 Å². The highest BCUT2D eigenvalue weighted by atomic mass is 16.2. The van der Waals surface area contributed by atoms with Gasteiger partial charge in [-0.3, -0.25) is 14.9 Å². The van der Waals surface area contributed by atoms with E-state index in [0.29, 0.717) is 0 Å². The Hall–Kier alpha value is -4.22. The molecular weight excluding hydrogens is 434 g/mol. The van der Waals surface area contributed by atoms with Gasteiger partial charge in [0.1, 0.15) is 0 Å². The summed E-state index contributed by atoms with van der Waals surface area (Å²) in [6, 6.07) is 10.8. The van der Waals surface area contributed by atoms with Crippen LogP contribution in [0, 0.1) is 32.6 Å². The number of benzene rings is 1. The predicted molar refractivity (Wildman–Crippen MR) is 151 cm³/mol. The molecule has 0 spiro atoms. The Morgan fingerprint density at radius 2 is 1.63 bits per heavy atom. The Morgan fingerprint density at radius 1 is 1.03 bits per heavy atom. The first-order chi connectivity index (χ1) is 16.8. The van der Waals surface area contributed by atoms with Gasteiger partial charge in [0.15, 0.2) is 0 Å². The number of hydrogen-bond donors (Lipinski definition) is 2. The van der Waals surface area contributed by atoms with Crippen molar-refractivity contribution in [2.75, 3.05) is 0 Å². The van der Waals surface area contributed by atoms with Crippen LogP contribution >= 0.6 is 0 Å². The Morgan fingerprint density at radius 3 is 2.03 bits per heavy atom. The van der Waals surface area contributed by atoms with E-state index in [9.17, 15) is 9.59 Å². The number of aryl methyl sites for hydroxylation is 3. The van der Waals surface area contributed by atoms with Crippen LogP contribution in [0.25, 0.3) is 17.0 Å². The average molecular weight is 474 g/mol. The number of rotatable bonds is 1. The molecule has 0 aliphatic carbocycles. The number of carbonyl (C=O) groups excluding carboxylic acids is 2. The molecule has 0 radical (unpaired) electrons. The van der Waals surface area contributed by atoms with Crippen molar-refractivity contribution < 1.29 is 9.59 Å². The van der Waals surface area contributed by atoms with Gasteiger partial charge in [-0.2, -0.15) is 0 Å². The largest absolute Gasteiger partial charge is 0.361 e. The van der Waals surface area contributed by atoms with E-state index in [0.717, 1.165) is 5.69 Å². The van der Waals surface area contributed by atoms with Crippen molar-refractivity contribution >= 4 is 28.8 Å². The van der Waals surface area contributed by atoms with E-state index in [1.807, 2.05) is 56.6 Å². The molecular formula is C30H39N3O2. The van der Waals surface area contributed by atoms with Gasteiger partial charge >= 0.3 is 0 Å². The molecule has 5 heteroatoms. The van der Waals surface area contributed by atoms with Gasteiger partial charge in [0, 0.05) is 38.5 Å². The third-order valence-electron chi connectivity index (χ3n) is 4.60. The first-order valence-electron chi connectivity index (χ1n) is 11.2. The highest BCUT2D eigenvalue weighted by Gasteiger charge is 2.10. The van der Waals surface area contributed by atoms with E-state index in [-0.39, 0.29) is 11.8 Å².